The highest BCUT2D eigenvalue weighted by Crippen LogP contribution is 2.07. The number of nitrogens with zero attached hydrogens (tertiary/aromatic N) is 2. The first-order chi connectivity index (χ1) is 7.04. The van der Waals surface area contributed by atoms with Crippen LogP contribution in [0.3, 0.4) is 0 Å². The summed E-state index contributed by atoms with van der Waals surface area (Å²) in [6.07, 6.45) is 1.01. The fourth-order valence-corrected chi connectivity index (χ4v) is 1.15. The Morgan fingerprint density at radius 1 is 1.60 bits per heavy atom. The fourth-order valence-electron chi connectivity index (χ4n) is 1.15. The molecule has 0 aliphatic heterocycles. The number of aromatic amines is 1. The monoisotopic (exact) mass is 211 g/mol. The van der Waals surface area contributed by atoms with Crippen molar-refractivity contribution >= 4 is 11.9 Å². The molecule has 0 saturated heterocycles. The van der Waals surface area contributed by atoms with Crippen molar-refractivity contribution < 1.29 is 4.79 Å². The zero-order chi connectivity index (χ0) is 11.4. The van der Waals surface area contributed by atoms with Gasteiger partial charge in [0.2, 0.25) is 11.8 Å². The smallest absolute Gasteiger partial charge is 0.288 e. The average Bonchev–Trinajstić information content (AvgIpc) is 2.63. The molecule has 1 rings (SSSR count). The van der Waals surface area contributed by atoms with Gasteiger partial charge in [-0.25, -0.2) is 0 Å². The van der Waals surface area contributed by atoms with Crippen molar-refractivity contribution in [3.05, 3.63) is 5.82 Å². The maximum Gasteiger partial charge on any atom is 0.288 e. The van der Waals surface area contributed by atoms with Gasteiger partial charge in [0.25, 0.3) is 5.91 Å². The van der Waals surface area contributed by atoms with Crippen LogP contribution < -0.4 is 11.1 Å². The Morgan fingerprint density at radius 2 is 2.27 bits per heavy atom. The summed E-state index contributed by atoms with van der Waals surface area (Å²) >= 11 is 0. The molecule has 0 spiro atoms. The maximum absolute atomic E-state index is 11.6. The minimum atomic E-state index is -0.271. The molecule has 0 fully saturated rings. The molecule has 1 aromatic heterocycles. The van der Waals surface area contributed by atoms with Crippen LogP contribution in [0.1, 0.15) is 37.8 Å². The third kappa shape index (κ3) is 2.93. The lowest BCUT2D eigenvalue weighted by Gasteiger charge is -2.18. The van der Waals surface area contributed by atoms with E-state index in [1.54, 1.807) is 0 Å². The number of amides is 1. The number of H-pyrrole nitrogens is 1. The molecular weight excluding hydrogens is 194 g/mol. The summed E-state index contributed by atoms with van der Waals surface area (Å²) in [5.41, 5.74) is 5.30. The number of nitrogens with one attached hydrogen (secondary N) is 2. The van der Waals surface area contributed by atoms with Crippen LogP contribution in [0.5, 0.6) is 0 Å². The van der Waals surface area contributed by atoms with Crippen molar-refractivity contribution in [3.8, 4) is 0 Å². The zero-order valence-electron chi connectivity index (χ0n) is 9.24. The van der Waals surface area contributed by atoms with E-state index in [9.17, 15) is 4.79 Å². The van der Waals surface area contributed by atoms with Gasteiger partial charge in [-0.15, -0.1) is 5.10 Å². The molecule has 0 saturated carbocycles. The van der Waals surface area contributed by atoms with Crippen LogP contribution >= 0.6 is 0 Å². The Bertz CT molecular complexity index is 335. The minimum Gasteiger partial charge on any atom is -0.366 e. The molecule has 6 nitrogen and oxygen atoms in total. The van der Waals surface area contributed by atoms with Gasteiger partial charge in [-0.1, -0.05) is 20.3 Å². The van der Waals surface area contributed by atoms with Crippen LogP contribution in [-0.2, 0) is 0 Å². The number of carbonyl (C=O) groups excluding carboxylic acids is 1. The van der Waals surface area contributed by atoms with Crippen LogP contribution in [0, 0.1) is 5.92 Å². The van der Waals surface area contributed by atoms with Crippen LogP contribution in [0.15, 0.2) is 0 Å². The van der Waals surface area contributed by atoms with Gasteiger partial charge in [-0.3, -0.25) is 9.89 Å². The van der Waals surface area contributed by atoms with E-state index in [2.05, 4.69) is 34.3 Å². The Kier molecular flexibility index (Phi) is 3.65. The molecule has 0 radical (unpaired) electrons. The highest BCUT2D eigenvalue weighted by Gasteiger charge is 2.16. The number of hydrogen-bond acceptors (Lipinski definition) is 4. The quantitative estimate of drug-likeness (QED) is 0.677. The molecule has 1 heterocycles. The Hall–Kier alpha value is -1.59. The Balaban J connectivity index is 2.56. The Morgan fingerprint density at radius 3 is 2.73 bits per heavy atom. The number of anilines is 1. The second-order valence-electron chi connectivity index (χ2n) is 3.69. The van der Waals surface area contributed by atoms with E-state index in [0.717, 1.165) is 6.42 Å². The number of aromatic nitrogens is 3. The van der Waals surface area contributed by atoms with Crippen molar-refractivity contribution in [1.29, 1.82) is 0 Å². The molecule has 6 heteroatoms. The number of nitrogen functional groups attached to an aromatic ring is 1. The van der Waals surface area contributed by atoms with E-state index >= 15 is 0 Å². The van der Waals surface area contributed by atoms with Crippen LogP contribution in [0.2, 0.25) is 0 Å². The molecule has 0 bridgehead atoms. The Labute approximate surface area is 88.7 Å². The molecule has 1 aromatic rings. The van der Waals surface area contributed by atoms with Gasteiger partial charge in [0.15, 0.2) is 0 Å². The van der Waals surface area contributed by atoms with Crippen molar-refractivity contribution in [2.75, 3.05) is 5.73 Å². The summed E-state index contributed by atoms with van der Waals surface area (Å²) in [6, 6.07) is 0.105. The summed E-state index contributed by atoms with van der Waals surface area (Å²) in [5, 5.41) is 8.89. The largest absolute Gasteiger partial charge is 0.366 e. The molecule has 84 valence electrons. The molecular formula is C9H17N5O. The SMILES string of the molecule is CCC(C)C(C)NC(=O)c1nc(N)n[nH]1. The predicted molar refractivity (Wildman–Crippen MR) is 57.2 cm³/mol. The highest BCUT2D eigenvalue weighted by atomic mass is 16.2. The third-order valence-corrected chi connectivity index (χ3v) is 2.57. The fraction of sp³-hybridized carbons (Fsp3) is 0.667. The second kappa shape index (κ2) is 4.77. The minimum absolute atomic E-state index is 0.0799. The maximum atomic E-state index is 11.6. The van der Waals surface area contributed by atoms with Gasteiger partial charge in [-0.2, -0.15) is 4.98 Å². The molecule has 1 amide bonds. The number of hydrogen-bond donors (Lipinski definition) is 3. The van der Waals surface area contributed by atoms with E-state index in [-0.39, 0.29) is 23.7 Å². The van der Waals surface area contributed by atoms with Gasteiger partial charge in [-0.05, 0) is 12.8 Å². The van der Waals surface area contributed by atoms with Crippen molar-refractivity contribution in [3.63, 3.8) is 0 Å². The van der Waals surface area contributed by atoms with E-state index in [1.807, 2.05) is 6.92 Å². The summed E-state index contributed by atoms with van der Waals surface area (Å²) in [4.78, 5) is 15.3. The van der Waals surface area contributed by atoms with Gasteiger partial charge in [0.1, 0.15) is 0 Å². The summed E-state index contributed by atoms with van der Waals surface area (Å²) in [6.45, 7) is 6.13. The van der Waals surface area contributed by atoms with E-state index in [0.29, 0.717) is 5.92 Å². The first-order valence-corrected chi connectivity index (χ1v) is 5.03. The second-order valence-corrected chi connectivity index (χ2v) is 3.69. The summed E-state index contributed by atoms with van der Waals surface area (Å²) < 4.78 is 0. The van der Waals surface area contributed by atoms with Gasteiger partial charge in [0.05, 0.1) is 0 Å². The number of nitrogens with two attached hydrogens (primary N) is 1. The normalized spacial score (nSPS) is 14.6. The molecule has 2 unspecified atom stereocenters. The van der Waals surface area contributed by atoms with E-state index < -0.39 is 0 Å². The van der Waals surface area contributed by atoms with Gasteiger partial charge in [0, 0.05) is 6.04 Å². The highest BCUT2D eigenvalue weighted by molar-refractivity contribution is 5.90. The predicted octanol–water partition coefficient (Wildman–Crippen LogP) is 0.551. The van der Waals surface area contributed by atoms with Crippen molar-refractivity contribution in [2.45, 2.75) is 33.2 Å². The lowest BCUT2D eigenvalue weighted by Crippen LogP contribution is -2.37. The van der Waals surface area contributed by atoms with Crippen molar-refractivity contribution in [2.24, 2.45) is 5.92 Å². The van der Waals surface area contributed by atoms with Gasteiger partial charge < -0.3 is 11.1 Å². The summed E-state index contributed by atoms with van der Waals surface area (Å²) in [7, 11) is 0. The lowest BCUT2D eigenvalue weighted by molar-refractivity contribution is 0.0918. The average molecular weight is 211 g/mol. The molecule has 0 aliphatic carbocycles. The molecule has 15 heavy (non-hydrogen) atoms. The molecule has 0 aliphatic rings. The van der Waals surface area contributed by atoms with Crippen LogP contribution in [-0.4, -0.2) is 27.1 Å². The first-order valence-electron chi connectivity index (χ1n) is 5.03. The number of rotatable bonds is 4. The van der Waals surface area contributed by atoms with Crippen molar-refractivity contribution in [1.82, 2.24) is 20.5 Å². The summed E-state index contributed by atoms with van der Waals surface area (Å²) in [5.74, 6) is 0.389. The van der Waals surface area contributed by atoms with Crippen LogP contribution in [0.25, 0.3) is 0 Å². The topological polar surface area (TPSA) is 96.7 Å². The van der Waals surface area contributed by atoms with E-state index in [1.165, 1.54) is 0 Å². The number of carbonyl (C=O) groups is 1. The third-order valence-electron chi connectivity index (χ3n) is 2.57. The van der Waals surface area contributed by atoms with Gasteiger partial charge >= 0.3 is 0 Å². The lowest BCUT2D eigenvalue weighted by atomic mass is 10.0. The molecule has 4 N–H and O–H groups in total. The van der Waals surface area contributed by atoms with Crippen LogP contribution in [0.4, 0.5) is 5.95 Å². The molecule has 0 aromatic carbocycles. The van der Waals surface area contributed by atoms with E-state index in [4.69, 9.17) is 5.73 Å². The molecule has 2 atom stereocenters. The standard InChI is InChI=1S/C9H17N5O/c1-4-5(2)6(3)11-8(15)7-12-9(10)14-13-7/h5-6H,4H2,1-3H3,(H,11,15)(H3,10,12,13,14). The zero-order valence-corrected chi connectivity index (χ0v) is 9.24. The first kappa shape index (κ1) is 11.5.